The molecule has 4 nitrogen and oxygen atoms in total. The Labute approximate surface area is 154 Å². The number of aryl methyl sites for hydroxylation is 1. The predicted molar refractivity (Wildman–Crippen MR) is 99.4 cm³/mol. The van der Waals surface area contributed by atoms with Crippen LogP contribution in [0.1, 0.15) is 5.56 Å². The fourth-order valence-corrected chi connectivity index (χ4v) is 2.90. The van der Waals surface area contributed by atoms with E-state index in [-0.39, 0.29) is 5.75 Å². The molecule has 0 unspecified atom stereocenters. The normalized spacial score (nSPS) is 11.0. The Balaban J connectivity index is 1.88. The third-order valence-electron chi connectivity index (χ3n) is 4.31. The molecule has 2 heterocycles. The van der Waals surface area contributed by atoms with Gasteiger partial charge in [-0.3, -0.25) is 0 Å². The summed E-state index contributed by atoms with van der Waals surface area (Å²) in [7, 11) is 1.40. The van der Waals surface area contributed by atoms with E-state index in [2.05, 4.69) is 15.0 Å². The van der Waals surface area contributed by atoms with Gasteiger partial charge in [0.1, 0.15) is 11.4 Å². The second kappa shape index (κ2) is 6.72. The number of pyridine rings is 1. The predicted octanol–water partition coefficient (Wildman–Crippen LogP) is 4.95. The highest BCUT2D eigenvalue weighted by atomic mass is 19.2. The van der Waals surface area contributed by atoms with Crippen molar-refractivity contribution in [3.05, 3.63) is 71.9 Å². The Morgan fingerprint density at radius 1 is 0.926 bits per heavy atom. The number of methoxy groups -OCH3 is 1. The summed E-state index contributed by atoms with van der Waals surface area (Å²) in [5.41, 5.74) is 2.99. The van der Waals surface area contributed by atoms with Gasteiger partial charge in [-0.25, -0.2) is 23.7 Å². The van der Waals surface area contributed by atoms with E-state index in [1.54, 1.807) is 12.3 Å². The van der Waals surface area contributed by atoms with Crippen LogP contribution in [-0.2, 0) is 0 Å². The molecule has 0 spiro atoms. The van der Waals surface area contributed by atoms with Crippen LogP contribution in [0.15, 0.2) is 54.7 Å². The van der Waals surface area contributed by atoms with Crippen molar-refractivity contribution in [1.29, 1.82) is 0 Å². The van der Waals surface area contributed by atoms with Gasteiger partial charge >= 0.3 is 0 Å². The van der Waals surface area contributed by atoms with Gasteiger partial charge < -0.3 is 4.74 Å². The van der Waals surface area contributed by atoms with Crippen molar-refractivity contribution in [1.82, 2.24) is 15.0 Å². The molecule has 0 saturated heterocycles. The third-order valence-corrected chi connectivity index (χ3v) is 4.31. The zero-order valence-electron chi connectivity index (χ0n) is 14.7. The lowest BCUT2D eigenvalue weighted by atomic mass is 10.0. The van der Waals surface area contributed by atoms with Gasteiger partial charge in [-0.15, -0.1) is 0 Å². The zero-order valence-corrected chi connectivity index (χ0v) is 14.7. The first kappa shape index (κ1) is 17.0. The van der Waals surface area contributed by atoms with Crippen LogP contribution >= 0.6 is 0 Å². The average molecular weight is 363 g/mol. The van der Waals surface area contributed by atoms with Crippen molar-refractivity contribution in [2.75, 3.05) is 7.11 Å². The number of para-hydroxylation sites is 1. The standard InChI is InChI=1S/C21H15F2N3O/c1-12-7-8-18(21-24-11-13-5-3-4-6-17(13)26-21)25-20(12)14-9-15(22)16(23)10-19(14)27-2/h3-11H,1-2H3. The van der Waals surface area contributed by atoms with E-state index in [4.69, 9.17) is 4.74 Å². The van der Waals surface area contributed by atoms with Gasteiger partial charge in [0.25, 0.3) is 0 Å². The third kappa shape index (κ3) is 3.10. The molecule has 0 amide bonds. The zero-order chi connectivity index (χ0) is 19.0. The number of hydrogen-bond acceptors (Lipinski definition) is 4. The van der Waals surface area contributed by atoms with Crippen molar-refractivity contribution in [3.8, 4) is 28.5 Å². The SMILES string of the molecule is COc1cc(F)c(F)cc1-c1nc(-c2ncc3ccccc3n2)ccc1C. The number of aromatic nitrogens is 3. The van der Waals surface area contributed by atoms with E-state index in [1.807, 2.05) is 37.3 Å². The number of hydrogen-bond donors (Lipinski definition) is 0. The van der Waals surface area contributed by atoms with E-state index in [9.17, 15) is 8.78 Å². The van der Waals surface area contributed by atoms with Crippen LogP contribution in [0.4, 0.5) is 8.78 Å². The highest BCUT2D eigenvalue weighted by molar-refractivity contribution is 5.79. The Kier molecular flexibility index (Phi) is 4.24. The minimum atomic E-state index is -0.970. The molecule has 0 N–H and O–H groups in total. The first-order valence-electron chi connectivity index (χ1n) is 8.30. The van der Waals surface area contributed by atoms with Crippen LogP contribution in [-0.4, -0.2) is 22.1 Å². The van der Waals surface area contributed by atoms with Gasteiger partial charge in [0.2, 0.25) is 0 Å². The van der Waals surface area contributed by atoms with Crippen molar-refractivity contribution >= 4 is 10.9 Å². The number of nitrogens with zero attached hydrogens (tertiary/aromatic N) is 3. The van der Waals surface area contributed by atoms with Crippen molar-refractivity contribution in [2.24, 2.45) is 0 Å². The molecule has 6 heteroatoms. The fourth-order valence-electron chi connectivity index (χ4n) is 2.90. The Morgan fingerprint density at radius 2 is 1.70 bits per heavy atom. The van der Waals surface area contributed by atoms with Crippen LogP contribution in [0, 0.1) is 18.6 Å². The highest BCUT2D eigenvalue weighted by Gasteiger charge is 2.16. The monoisotopic (exact) mass is 363 g/mol. The van der Waals surface area contributed by atoms with E-state index >= 15 is 0 Å². The molecule has 0 aliphatic heterocycles. The van der Waals surface area contributed by atoms with Crippen LogP contribution in [0.5, 0.6) is 5.75 Å². The summed E-state index contributed by atoms with van der Waals surface area (Å²) in [6, 6.07) is 13.4. The summed E-state index contributed by atoms with van der Waals surface area (Å²) in [4.78, 5) is 13.5. The Hall–Kier alpha value is -3.41. The summed E-state index contributed by atoms with van der Waals surface area (Å²) in [5, 5.41) is 0.927. The number of fused-ring (bicyclic) bond motifs is 1. The van der Waals surface area contributed by atoms with Crippen LogP contribution in [0.25, 0.3) is 33.7 Å². The topological polar surface area (TPSA) is 47.9 Å². The molecule has 2 aromatic carbocycles. The molecule has 0 atom stereocenters. The van der Waals surface area contributed by atoms with Gasteiger partial charge in [-0.2, -0.15) is 0 Å². The van der Waals surface area contributed by atoms with Gasteiger partial charge in [0, 0.05) is 23.2 Å². The molecule has 0 saturated carbocycles. The fraction of sp³-hybridized carbons (Fsp3) is 0.0952. The van der Waals surface area contributed by atoms with Gasteiger partial charge in [0.05, 0.1) is 18.3 Å². The Morgan fingerprint density at radius 3 is 2.52 bits per heavy atom. The number of benzene rings is 2. The smallest absolute Gasteiger partial charge is 0.178 e. The molecule has 2 aromatic heterocycles. The molecular weight excluding hydrogens is 348 g/mol. The molecule has 0 aliphatic rings. The lowest BCUT2D eigenvalue weighted by Gasteiger charge is -2.12. The van der Waals surface area contributed by atoms with Crippen molar-refractivity contribution < 1.29 is 13.5 Å². The lowest BCUT2D eigenvalue weighted by Crippen LogP contribution is -1.99. The van der Waals surface area contributed by atoms with Crippen LogP contribution in [0.3, 0.4) is 0 Å². The van der Waals surface area contributed by atoms with E-state index < -0.39 is 11.6 Å². The second-order valence-electron chi connectivity index (χ2n) is 6.08. The summed E-state index contributed by atoms with van der Waals surface area (Å²) < 4.78 is 32.6. The maximum absolute atomic E-state index is 13.8. The Bertz CT molecular complexity index is 1160. The highest BCUT2D eigenvalue weighted by Crippen LogP contribution is 2.34. The first-order valence-corrected chi connectivity index (χ1v) is 8.30. The molecule has 0 fully saturated rings. The molecule has 0 bridgehead atoms. The maximum atomic E-state index is 13.8. The molecule has 27 heavy (non-hydrogen) atoms. The lowest BCUT2D eigenvalue weighted by molar-refractivity contribution is 0.408. The van der Waals surface area contributed by atoms with E-state index in [1.165, 1.54) is 7.11 Å². The second-order valence-corrected chi connectivity index (χ2v) is 6.08. The van der Waals surface area contributed by atoms with Crippen molar-refractivity contribution in [3.63, 3.8) is 0 Å². The molecular formula is C21H15F2N3O. The molecule has 0 radical (unpaired) electrons. The largest absolute Gasteiger partial charge is 0.496 e. The maximum Gasteiger partial charge on any atom is 0.178 e. The van der Waals surface area contributed by atoms with Gasteiger partial charge in [-0.05, 0) is 30.7 Å². The van der Waals surface area contributed by atoms with Gasteiger partial charge in [-0.1, -0.05) is 24.3 Å². The van der Waals surface area contributed by atoms with Gasteiger partial charge in [0.15, 0.2) is 17.5 Å². The van der Waals surface area contributed by atoms with E-state index in [0.717, 1.165) is 28.6 Å². The minimum Gasteiger partial charge on any atom is -0.496 e. The number of ether oxygens (including phenoxy) is 1. The quantitative estimate of drug-likeness (QED) is 0.516. The van der Waals surface area contributed by atoms with Crippen LogP contribution in [0.2, 0.25) is 0 Å². The first-order chi connectivity index (χ1) is 13.1. The minimum absolute atomic E-state index is 0.209. The summed E-state index contributed by atoms with van der Waals surface area (Å²) >= 11 is 0. The molecule has 0 aliphatic carbocycles. The summed E-state index contributed by atoms with van der Waals surface area (Å²) in [5.74, 6) is -1.26. The molecule has 134 valence electrons. The van der Waals surface area contributed by atoms with Crippen molar-refractivity contribution in [2.45, 2.75) is 6.92 Å². The summed E-state index contributed by atoms with van der Waals surface area (Å²) in [6.45, 7) is 1.84. The molecule has 4 aromatic rings. The number of halogens is 2. The van der Waals surface area contributed by atoms with Crippen LogP contribution < -0.4 is 4.74 Å². The molecule has 4 rings (SSSR count). The number of rotatable bonds is 3. The average Bonchev–Trinajstić information content (AvgIpc) is 2.70. The van der Waals surface area contributed by atoms with E-state index in [0.29, 0.717) is 22.8 Å². The summed E-state index contributed by atoms with van der Waals surface area (Å²) in [6.07, 6.45) is 1.73.